The maximum Gasteiger partial charge on any atom is 0.155 e. The van der Waals surface area contributed by atoms with Crippen LogP contribution in [-0.2, 0) is 0 Å². The summed E-state index contributed by atoms with van der Waals surface area (Å²) in [6, 6.07) is 4.08. The first-order valence-corrected chi connectivity index (χ1v) is 5.40. The van der Waals surface area contributed by atoms with Crippen molar-refractivity contribution in [3.8, 4) is 12.3 Å². The van der Waals surface area contributed by atoms with Crippen LogP contribution in [0.15, 0.2) is 24.7 Å². The predicted molar refractivity (Wildman–Crippen MR) is 61.0 cm³/mol. The summed E-state index contributed by atoms with van der Waals surface area (Å²) in [6.07, 6.45) is 10.3. The number of aliphatic hydroxyl groups excluding tert-OH is 1. The number of aliphatic hydroxyl groups is 1. The Kier molecular flexibility index (Phi) is 1.98. The van der Waals surface area contributed by atoms with Crippen molar-refractivity contribution in [3.05, 3.63) is 35.9 Å². The molecule has 3 nitrogen and oxygen atoms in total. The summed E-state index contributed by atoms with van der Waals surface area (Å²) in [4.78, 5) is 4.08. The third-order valence-electron chi connectivity index (χ3n) is 3.09. The van der Waals surface area contributed by atoms with Gasteiger partial charge in [0.2, 0.25) is 0 Å². The van der Waals surface area contributed by atoms with Crippen LogP contribution in [0, 0.1) is 12.3 Å². The van der Waals surface area contributed by atoms with E-state index in [1.54, 1.807) is 12.5 Å². The van der Waals surface area contributed by atoms with Crippen molar-refractivity contribution >= 4 is 5.52 Å². The van der Waals surface area contributed by atoms with Crippen LogP contribution in [0.2, 0.25) is 0 Å². The number of rotatable bonds is 2. The fourth-order valence-corrected chi connectivity index (χ4v) is 2.14. The molecule has 3 rings (SSSR count). The van der Waals surface area contributed by atoms with E-state index in [1.165, 1.54) is 12.8 Å². The lowest BCUT2D eigenvalue weighted by Gasteiger charge is -2.13. The molecule has 2 heterocycles. The molecule has 3 heteroatoms. The molecule has 2 aromatic rings. The zero-order valence-corrected chi connectivity index (χ0v) is 8.80. The first-order chi connectivity index (χ1) is 7.81. The molecule has 0 aromatic carbocycles. The number of pyridine rings is 1. The minimum absolute atomic E-state index is 0.560. The number of nitrogens with zero attached hydrogens (tertiary/aromatic N) is 2. The molecular weight excluding hydrogens is 200 g/mol. The highest BCUT2D eigenvalue weighted by Gasteiger charge is 2.29. The Morgan fingerprint density at radius 3 is 3.00 bits per heavy atom. The van der Waals surface area contributed by atoms with Crippen molar-refractivity contribution < 1.29 is 5.11 Å². The average molecular weight is 212 g/mol. The third kappa shape index (κ3) is 1.31. The van der Waals surface area contributed by atoms with Gasteiger partial charge in [0.15, 0.2) is 6.10 Å². The van der Waals surface area contributed by atoms with E-state index in [1.807, 2.05) is 10.5 Å². The Morgan fingerprint density at radius 2 is 2.31 bits per heavy atom. The number of imidazole rings is 1. The number of hydrogen-bond donors (Lipinski definition) is 1. The van der Waals surface area contributed by atoms with E-state index >= 15 is 0 Å². The smallest absolute Gasteiger partial charge is 0.155 e. The Morgan fingerprint density at radius 1 is 1.50 bits per heavy atom. The van der Waals surface area contributed by atoms with Crippen LogP contribution < -0.4 is 0 Å². The normalized spacial score (nSPS) is 17.2. The van der Waals surface area contributed by atoms with Gasteiger partial charge in [0, 0.05) is 0 Å². The van der Waals surface area contributed by atoms with Crippen molar-refractivity contribution in [2.24, 2.45) is 0 Å². The second kappa shape index (κ2) is 3.36. The molecule has 1 saturated carbocycles. The van der Waals surface area contributed by atoms with Crippen molar-refractivity contribution in [2.75, 3.05) is 0 Å². The monoisotopic (exact) mass is 212 g/mol. The van der Waals surface area contributed by atoms with Crippen LogP contribution in [0.4, 0.5) is 0 Å². The van der Waals surface area contributed by atoms with Crippen LogP contribution in [0.1, 0.15) is 36.1 Å². The van der Waals surface area contributed by atoms with Crippen molar-refractivity contribution in [1.82, 2.24) is 9.38 Å². The van der Waals surface area contributed by atoms with Crippen molar-refractivity contribution in [1.29, 1.82) is 0 Å². The molecule has 0 saturated heterocycles. The number of fused-ring (bicyclic) bond motifs is 1. The van der Waals surface area contributed by atoms with Gasteiger partial charge in [0.1, 0.15) is 0 Å². The SMILES string of the molecule is C#C[C@@H](O)c1c(C2CC2)ccc2cncn12. The molecule has 0 bridgehead atoms. The quantitative estimate of drug-likeness (QED) is 0.772. The molecule has 1 N–H and O–H groups in total. The molecule has 1 aliphatic carbocycles. The number of hydrogen-bond acceptors (Lipinski definition) is 2. The van der Waals surface area contributed by atoms with Crippen LogP contribution in [0.5, 0.6) is 0 Å². The Balaban J connectivity index is 2.28. The van der Waals surface area contributed by atoms with Crippen LogP contribution in [-0.4, -0.2) is 14.5 Å². The minimum Gasteiger partial charge on any atom is -0.375 e. The standard InChI is InChI=1S/C13H12N2O/c1-2-12(16)13-11(9-3-4-9)6-5-10-7-14-8-15(10)13/h1,5-9,12,16H,3-4H2/t12-/m1/s1. The molecule has 0 amide bonds. The average Bonchev–Trinajstić information content (AvgIpc) is 3.04. The Hall–Kier alpha value is -1.79. The second-order valence-corrected chi connectivity index (χ2v) is 4.21. The Bertz CT molecular complexity index is 575. The lowest BCUT2D eigenvalue weighted by atomic mass is 10.0. The maximum atomic E-state index is 9.92. The largest absolute Gasteiger partial charge is 0.375 e. The van der Waals surface area contributed by atoms with Gasteiger partial charge < -0.3 is 5.11 Å². The van der Waals surface area contributed by atoms with Gasteiger partial charge in [-0.25, -0.2) is 4.98 Å². The van der Waals surface area contributed by atoms with E-state index in [2.05, 4.69) is 17.0 Å². The van der Waals surface area contributed by atoms with Gasteiger partial charge >= 0.3 is 0 Å². The summed E-state index contributed by atoms with van der Waals surface area (Å²) >= 11 is 0. The molecule has 2 aromatic heterocycles. The summed E-state index contributed by atoms with van der Waals surface area (Å²) in [5.41, 5.74) is 2.93. The highest BCUT2D eigenvalue weighted by molar-refractivity contribution is 5.50. The van der Waals surface area contributed by atoms with E-state index < -0.39 is 6.10 Å². The van der Waals surface area contributed by atoms with Crippen LogP contribution >= 0.6 is 0 Å². The highest BCUT2D eigenvalue weighted by atomic mass is 16.3. The van der Waals surface area contributed by atoms with E-state index in [-0.39, 0.29) is 0 Å². The predicted octanol–water partition coefficient (Wildman–Crippen LogP) is 1.88. The summed E-state index contributed by atoms with van der Waals surface area (Å²) < 4.78 is 1.89. The zero-order chi connectivity index (χ0) is 11.1. The summed E-state index contributed by atoms with van der Waals surface area (Å²) in [6.45, 7) is 0. The zero-order valence-electron chi connectivity index (χ0n) is 8.80. The van der Waals surface area contributed by atoms with Gasteiger partial charge in [-0.05, 0) is 30.4 Å². The Labute approximate surface area is 93.7 Å². The van der Waals surface area contributed by atoms with Gasteiger partial charge in [0.25, 0.3) is 0 Å². The summed E-state index contributed by atoms with van der Waals surface area (Å²) in [5.74, 6) is 2.95. The van der Waals surface area contributed by atoms with Gasteiger partial charge in [-0.2, -0.15) is 0 Å². The summed E-state index contributed by atoms with van der Waals surface area (Å²) in [7, 11) is 0. The van der Waals surface area contributed by atoms with E-state index in [9.17, 15) is 5.11 Å². The van der Waals surface area contributed by atoms with Gasteiger partial charge in [0.05, 0.1) is 23.7 Å². The van der Waals surface area contributed by atoms with E-state index in [0.29, 0.717) is 5.92 Å². The highest BCUT2D eigenvalue weighted by Crippen LogP contribution is 2.43. The molecule has 1 fully saturated rings. The fraction of sp³-hybridized carbons (Fsp3) is 0.308. The molecular formula is C13H12N2O. The van der Waals surface area contributed by atoms with Crippen LogP contribution in [0.3, 0.4) is 0 Å². The molecule has 16 heavy (non-hydrogen) atoms. The second-order valence-electron chi connectivity index (χ2n) is 4.21. The van der Waals surface area contributed by atoms with Crippen molar-refractivity contribution in [3.63, 3.8) is 0 Å². The minimum atomic E-state index is -0.853. The molecule has 0 aliphatic heterocycles. The first kappa shape index (κ1) is 9.44. The molecule has 1 aliphatic rings. The molecule has 0 spiro atoms. The number of terminal acetylenes is 1. The molecule has 0 radical (unpaired) electrons. The lowest BCUT2D eigenvalue weighted by Crippen LogP contribution is -2.06. The molecule has 0 unspecified atom stereocenters. The third-order valence-corrected chi connectivity index (χ3v) is 3.09. The van der Waals surface area contributed by atoms with E-state index in [0.717, 1.165) is 16.8 Å². The van der Waals surface area contributed by atoms with Crippen molar-refractivity contribution in [2.45, 2.75) is 24.9 Å². The van der Waals surface area contributed by atoms with Gasteiger partial charge in [-0.1, -0.05) is 12.0 Å². The number of aromatic nitrogens is 2. The molecule has 80 valence electrons. The summed E-state index contributed by atoms with van der Waals surface area (Å²) in [5, 5.41) is 9.92. The van der Waals surface area contributed by atoms with E-state index in [4.69, 9.17) is 6.42 Å². The van der Waals surface area contributed by atoms with Gasteiger partial charge in [-0.15, -0.1) is 6.42 Å². The van der Waals surface area contributed by atoms with Crippen LogP contribution in [0.25, 0.3) is 5.52 Å². The first-order valence-electron chi connectivity index (χ1n) is 5.40. The molecule has 1 atom stereocenters. The topological polar surface area (TPSA) is 37.5 Å². The lowest BCUT2D eigenvalue weighted by molar-refractivity contribution is 0.230. The fourth-order valence-electron chi connectivity index (χ4n) is 2.14. The maximum absolute atomic E-state index is 9.92. The van der Waals surface area contributed by atoms with Gasteiger partial charge in [-0.3, -0.25) is 4.40 Å².